The average Bonchev–Trinajstić information content (AvgIpc) is 3.66. The maximum Gasteiger partial charge on any atom is 0.241 e. The van der Waals surface area contributed by atoms with E-state index < -0.39 is 21.9 Å². The fraction of sp³-hybridized carbons (Fsp3) is 0.290. The van der Waals surface area contributed by atoms with Crippen LogP contribution in [-0.4, -0.2) is 23.9 Å². The molecule has 1 saturated carbocycles. The van der Waals surface area contributed by atoms with Crippen LogP contribution in [0.1, 0.15) is 53.7 Å². The van der Waals surface area contributed by atoms with Crippen molar-refractivity contribution in [3.8, 4) is 0 Å². The number of aromatic nitrogens is 2. The Labute approximate surface area is 244 Å². The van der Waals surface area contributed by atoms with Crippen LogP contribution in [0.2, 0.25) is 5.02 Å². The van der Waals surface area contributed by atoms with Gasteiger partial charge in [0, 0.05) is 42.1 Å². The van der Waals surface area contributed by atoms with E-state index in [9.17, 15) is 17.6 Å². The molecule has 0 unspecified atom stereocenters. The number of anilines is 1. The van der Waals surface area contributed by atoms with Crippen molar-refractivity contribution >= 4 is 33.2 Å². The Morgan fingerprint density at radius 1 is 1.12 bits per heavy atom. The van der Waals surface area contributed by atoms with Gasteiger partial charge >= 0.3 is 0 Å². The predicted octanol–water partition coefficient (Wildman–Crippen LogP) is 5.91. The number of sulfonamides is 1. The van der Waals surface area contributed by atoms with E-state index >= 15 is 0 Å². The lowest BCUT2D eigenvalue weighted by atomic mass is 9.87. The Morgan fingerprint density at radius 2 is 1.88 bits per heavy atom. The standard InChI is InChI=1S/C31H30ClFN4O3S/c1-36-16-15-34-30(36)19-37(31(38)28-18-26(28)21-5-8-22(32)9-6-21)24-12-7-20-3-2-4-29(27(20)17-24)35-41(39,40)25-13-10-23(33)11-14-25/h5-17,26,28-29,35H,2-4,18-19H2,1H3/t26-,28+,29+/m1/s1. The summed E-state index contributed by atoms with van der Waals surface area (Å²) in [6.45, 7) is 0.289. The van der Waals surface area contributed by atoms with E-state index in [1.54, 1.807) is 11.1 Å². The molecule has 0 bridgehead atoms. The third kappa shape index (κ3) is 5.80. The van der Waals surface area contributed by atoms with Gasteiger partial charge in [-0.1, -0.05) is 29.8 Å². The first kappa shape index (κ1) is 27.6. The highest BCUT2D eigenvalue weighted by Gasteiger charge is 2.46. The number of amides is 1. The number of carbonyl (C=O) groups excluding carboxylic acids is 1. The Hall–Kier alpha value is -3.53. The van der Waals surface area contributed by atoms with Crippen molar-refractivity contribution in [1.82, 2.24) is 14.3 Å². The number of aryl methyl sites for hydroxylation is 2. The fourth-order valence-corrected chi connectivity index (χ4v) is 7.05. The van der Waals surface area contributed by atoms with Gasteiger partial charge in [-0.2, -0.15) is 0 Å². The number of imidazole rings is 1. The number of halogens is 2. The summed E-state index contributed by atoms with van der Waals surface area (Å²) in [6.07, 6.45) is 6.56. The highest BCUT2D eigenvalue weighted by molar-refractivity contribution is 7.89. The second-order valence-electron chi connectivity index (χ2n) is 10.8. The summed E-state index contributed by atoms with van der Waals surface area (Å²) >= 11 is 6.07. The molecule has 2 aliphatic rings. The minimum Gasteiger partial charge on any atom is -0.337 e. The van der Waals surface area contributed by atoms with Gasteiger partial charge in [0.1, 0.15) is 11.6 Å². The lowest BCUT2D eigenvalue weighted by Gasteiger charge is -2.29. The minimum atomic E-state index is -3.88. The van der Waals surface area contributed by atoms with E-state index in [-0.39, 0.29) is 29.2 Å². The summed E-state index contributed by atoms with van der Waals surface area (Å²) in [5, 5.41) is 0.660. The van der Waals surface area contributed by atoms with Gasteiger partial charge in [0.15, 0.2) is 0 Å². The van der Waals surface area contributed by atoms with Crippen molar-refractivity contribution in [3.63, 3.8) is 0 Å². The molecule has 7 nitrogen and oxygen atoms in total. The molecular weight excluding hydrogens is 563 g/mol. The SMILES string of the molecule is Cn1ccnc1CN(C(=O)[C@H]1C[C@@H]1c1ccc(Cl)cc1)c1ccc2c(c1)[C@@H](NS(=O)(=O)c1ccc(F)cc1)CCC2. The molecule has 1 aromatic heterocycles. The van der Waals surface area contributed by atoms with Gasteiger partial charge in [0.25, 0.3) is 0 Å². The molecule has 2 aliphatic carbocycles. The highest BCUT2D eigenvalue weighted by Crippen LogP contribution is 2.49. The molecule has 3 atom stereocenters. The van der Waals surface area contributed by atoms with E-state index in [4.69, 9.17) is 11.6 Å². The fourth-order valence-electron chi connectivity index (χ4n) is 5.68. The van der Waals surface area contributed by atoms with Crippen LogP contribution in [-0.2, 0) is 34.8 Å². The summed E-state index contributed by atoms with van der Waals surface area (Å²) in [7, 11) is -1.99. The first-order chi connectivity index (χ1) is 19.7. The molecule has 1 fully saturated rings. The molecule has 3 aromatic carbocycles. The van der Waals surface area contributed by atoms with Gasteiger partial charge in [-0.3, -0.25) is 4.79 Å². The molecule has 10 heteroatoms. The number of hydrogen-bond acceptors (Lipinski definition) is 4. The first-order valence-corrected chi connectivity index (χ1v) is 15.5. The van der Waals surface area contributed by atoms with Crippen LogP contribution >= 0.6 is 11.6 Å². The number of rotatable bonds is 8. The van der Waals surface area contributed by atoms with Gasteiger partial charge in [-0.25, -0.2) is 22.5 Å². The molecule has 6 rings (SSSR count). The summed E-state index contributed by atoms with van der Waals surface area (Å²) in [4.78, 5) is 20.2. The molecular formula is C31H30ClFN4O3S. The van der Waals surface area contributed by atoms with E-state index in [2.05, 4.69) is 9.71 Å². The lowest BCUT2D eigenvalue weighted by molar-refractivity contribution is -0.120. The van der Waals surface area contributed by atoms with E-state index in [1.807, 2.05) is 60.3 Å². The van der Waals surface area contributed by atoms with Crippen LogP contribution in [0.4, 0.5) is 10.1 Å². The van der Waals surface area contributed by atoms with Crippen molar-refractivity contribution in [2.24, 2.45) is 13.0 Å². The summed E-state index contributed by atoms with van der Waals surface area (Å²) in [5.41, 5.74) is 3.68. The van der Waals surface area contributed by atoms with Crippen LogP contribution in [0.15, 0.2) is 84.0 Å². The number of nitrogens with zero attached hydrogens (tertiary/aromatic N) is 3. The minimum absolute atomic E-state index is 0.00662. The zero-order valence-electron chi connectivity index (χ0n) is 22.5. The molecule has 4 aromatic rings. The number of hydrogen-bond donors (Lipinski definition) is 1. The Bertz CT molecular complexity index is 1690. The van der Waals surface area contributed by atoms with E-state index in [0.29, 0.717) is 17.1 Å². The largest absolute Gasteiger partial charge is 0.337 e. The first-order valence-electron chi connectivity index (χ1n) is 13.6. The molecule has 1 heterocycles. The number of benzene rings is 3. The summed E-state index contributed by atoms with van der Waals surface area (Å²) in [6, 6.07) is 17.8. The lowest BCUT2D eigenvalue weighted by Crippen LogP contribution is -2.34. The molecule has 0 aliphatic heterocycles. The topological polar surface area (TPSA) is 84.3 Å². The van der Waals surface area contributed by atoms with Gasteiger partial charge in [-0.05, 0) is 96.8 Å². The average molecular weight is 593 g/mol. The normalized spacial score (nSPS) is 19.9. The van der Waals surface area contributed by atoms with Crippen molar-refractivity contribution in [3.05, 3.63) is 112 Å². The molecule has 1 amide bonds. The van der Waals surface area contributed by atoms with Crippen molar-refractivity contribution in [2.45, 2.75) is 49.1 Å². The highest BCUT2D eigenvalue weighted by atomic mass is 35.5. The van der Waals surface area contributed by atoms with Crippen molar-refractivity contribution < 1.29 is 17.6 Å². The van der Waals surface area contributed by atoms with Gasteiger partial charge in [0.2, 0.25) is 15.9 Å². The second kappa shape index (κ2) is 11.0. The zero-order chi connectivity index (χ0) is 28.7. The third-order valence-corrected chi connectivity index (χ3v) is 9.81. The quantitative estimate of drug-likeness (QED) is 0.276. The molecule has 41 heavy (non-hydrogen) atoms. The van der Waals surface area contributed by atoms with Gasteiger partial charge in [0.05, 0.1) is 11.4 Å². The molecule has 212 valence electrons. The molecule has 0 saturated heterocycles. The van der Waals surface area contributed by atoms with Gasteiger partial charge in [-0.15, -0.1) is 0 Å². The summed E-state index contributed by atoms with van der Waals surface area (Å²) < 4.78 is 44.5. The van der Waals surface area contributed by atoms with Crippen LogP contribution < -0.4 is 9.62 Å². The Balaban J connectivity index is 1.31. The molecule has 0 spiro atoms. The van der Waals surface area contributed by atoms with Gasteiger partial charge < -0.3 is 9.47 Å². The van der Waals surface area contributed by atoms with Crippen LogP contribution in [0, 0.1) is 11.7 Å². The zero-order valence-corrected chi connectivity index (χ0v) is 24.1. The second-order valence-corrected chi connectivity index (χ2v) is 12.9. The van der Waals surface area contributed by atoms with Crippen molar-refractivity contribution in [2.75, 3.05) is 4.90 Å². The maximum atomic E-state index is 14.0. The third-order valence-electron chi connectivity index (χ3n) is 8.07. The predicted molar refractivity (Wildman–Crippen MR) is 156 cm³/mol. The molecule has 0 radical (unpaired) electrons. The number of carbonyl (C=O) groups is 1. The summed E-state index contributed by atoms with van der Waals surface area (Å²) in [5.74, 6) is 0.209. The van der Waals surface area contributed by atoms with Crippen LogP contribution in [0.3, 0.4) is 0 Å². The molecule has 1 N–H and O–H groups in total. The Kier molecular flexibility index (Phi) is 7.44. The van der Waals surface area contributed by atoms with E-state index in [1.165, 1.54) is 12.1 Å². The van der Waals surface area contributed by atoms with E-state index in [0.717, 1.165) is 53.9 Å². The van der Waals surface area contributed by atoms with Crippen molar-refractivity contribution in [1.29, 1.82) is 0 Å². The monoisotopic (exact) mass is 592 g/mol. The number of nitrogens with one attached hydrogen (secondary N) is 1. The van der Waals surface area contributed by atoms with Crippen LogP contribution in [0.25, 0.3) is 0 Å². The smallest absolute Gasteiger partial charge is 0.241 e. The van der Waals surface area contributed by atoms with Crippen LogP contribution in [0.5, 0.6) is 0 Å². The Morgan fingerprint density at radius 3 is 2.59 bits per heavy atom. The number of fused-ring (bicyclic) bond motifs is 1. The maximum absolute atomic E-state index is 14.0.